The Morgan fingerprint density at radius 3 is 2.45 bits per heavy atom. The summed E-state index contributed by atoms with van der Waals surface area (Å²) in [4.78, 5) is 28.0. The van der Waals surface area contributed by atoms with E-state index in [4.69, 9.17) is 11.6 Å². The molecule has 33 heavy (non-hydrogen) atoms. The van der Waals surface area contributed by atoms with Gasteiger partial charge in [-0.25, -0.2) is 0 Å². The predicted octanol–water partition coefficient (Wildman–Crippen LogP) is 4.68. The first kappa shape index (κ1) is 22.6. The van der Waals surface area contributed by atoms with Gasteiger partial charge < -0.3 is 14.8 Å². The maximum Gasteiger partial charge on any atom is 0.259 e. The second kappa shape index (κ2) is 8.87. The Bertz CT molecular complexity index is 1260. The van der Waals surface area contributed by atoms with Gasteiger partial charge in [-0.3, -0.25) is 14.9 Å². The molecule has 172 valence electrons. The Labute approximate surface area is 206 Å². The van der Waals surface area contributed by atoms with Crippen LogP contribution >= 0.6 is 27.5 Å². The highest BCUT2D eigenvalue weighted by Crippen LogP contribution is 2.41. The number of aryl methyl sites for hydroxylation is 1. The lowest BCUT2D eigenvalue weighted by Crippen LogP contribution is -2.54. The fourth-order valence-electron chi connectivity index (χ4n) is 5.26. The third-order valence-electron chi connectivity index (χ3n) is 6.48. The third kappa shape index (κ3) is 4.12. The summed E-state index contributed by atoms with van der Waals surface area (Å²) in [5, 5.41) is 7.36. The fourth-order valence-corrected chi connectivity index (χ4v) is 6.15. The molecule has 1 fully saturated rings. The first-order chi connectivity index (χ1) is 15.8. The molecule has 0 bridgehead atoms. The van der Waals surface area contributed by atoms with Crippen molar-refractivity contribution in [3.05, 3.63) is 57.2 Å². The molecule has 5 rings (SSSR count). The molecule has 2 N–H and O–H groups in total. The van der Waals surface area contributed by atoms with Gasteiger partial charge in [-0.05, 0) is 60.4 Å². The summed E-state index contributed by atoms with van der Waals surface area (Å²) in [6.45, 7) is 8.37. The Morgan fingerprint density at radius 2 is 1.73 bits per heavy atom. The van der Waals surface area contributed by atoms with Gasteiger partial charge in [-0.1, -0.05) is 29.8 Å². The normalized spacial score (nSPS) is 21.0. The molecular formula is C25H26BrClN4O2. The standard InChI is InChI=1S/C25H26BrClN4O2/c1-14-11-30(12-15(2)28-14)8-5-9-31-13-18(26)22-20(31)10-17(16-6-3-4-7-19(16)27)21-23(22)25(33)29-24(21)32/h3-4,6-7,10,13-15,28H,5,8-9,11-12H2,1-2H3,(H,29,32,33)/t14-,15+. The maximum absolute atomic E-state index is 12.8. The SMILES string of the molecule is C[C@@H]1CN(CCCn2cc(Br)c3c4c(c(-c5ccccc5Cl)cc32)C(=O)NC4=O)C[C@H](C)N1. The topological polar surface area (TPSA) is 66.4 Å². The van der Waals surface area contributed by atoms with Gasteiger partial charge >= 0.3 is 0 Å². The lowest BCUT2D eigenvalue weighted by atomic mass is 9.94. The van der Waals surface area contributed by atoms with Crippen LogP contribution in [-0.4, -0.2) is 53.0 Å². The van der Waals surface area contributed by atoms with Crippen molar-refractivity contribution in [1.82, 2.24) is 20.1 Å². The highest BCUT2D eigenvalue weighted by molar-refractivity contribution is 9.10. The molecule has 3 aromatic rings. The van der Waals surface area contributed by atoms with E-state index >= 15 is 0 Å². The maximum atomic E-state index is 12.8. The van der Waals surface area contributed by atoms with Crippen LogP contribution < -0.4 is 10.6 Å². The van der Waals surface area contributed by atoms with Crippen molar-refractivity contribution >= 4 is 50.2 Å². The van der Waals surface area contributed by atoms with Crippen LogP contribution in [-0.2, 0) is 6.54 Å². The van der Waals surface area contributed by atoms with E-state index in [1.807, 2.05) is 30.5 Å². The first-order valence-corrected chi connectivity index (χ1v) is 12.4. The van der Waals surface area contributed by atoms with Crippen molar-refractivity contribution in [3.8, 4) is 11.1 Å². The summed E-state index contributed by atoms with van der Waals surface area (Å²) in [5.74, 6) is -0.746. The molecule has 2 atom stereocenters. The number of benzene rings is 2. The van der Waals surface area contributed by atoms with Gasteiger partial charge in [0.25, 0.3) is 11.8 Å². The van der Waals surface area contributed by atoms with Crippen LogP contribution in [0.5, 0.6) is 0 Å². The number of piperazine rings is 1. The van der Waals surface area contributed by atoms with E-state index in [2.05, 4.69) is 49.9 Å². The van der Waals surface area contributed by atoms with Gasteiger partial charge in [0.15, 0.2) is 0 Å². The summed E-state index contributed by atoms with van der Waals surface area (Å²) in [7, 11) is 0. The number of aromatic nitrogens is 1. The number of halogens is 2. The Morgan fingerprint density at radius 1 is 1.03 bits per heavy atom. The minimum atomic E-state index is -0.381. The Balaban J connectivity index is 1.53. The van der Waals surface area contributed by atoms with Gasteiger partial charge in [0.1, 0.15) is 0 Å². The molecule has 8 heteroatoms. The molecule has 2 amide bonds. The number of hydrogen-bond donors (Lipinski definition) is 2. The molecule has 0 unspecified atom stereocenters. The van der Waals surface area contributed by atoms with Crippen LogP contribution in [0.1, 0.15) is 41.0 Å². The molecule has 2 aromatic carbocycles. The quantitative estimate of drug-likeness (QED) is 0.471. The van der Waals surface area contributed by atoms with Gasteiger partial charge in [-0.2, -0.15) is 0 Å². The average molecular weight is 530 g/mol. The van der Waals surface area contributed by atoms with E-state index in [0.717, 1.165) is 53.5 Å². The summed E-state index contributed by atoms with van der Waals surface area (Å²) in [5.41, 5.74) is 3.16. The number of fused-ring (bicyclic) bond motifs is 3. The van der Waals surface area contributed by atoms with Crippen molar-refractivity contribution in [1.29, 1.82) is 0 Å². The van der Waals surface area contributed by atoms with Crippen molar-refractivity contribution in [2.24, 2.45) is 0 Å². The smallest absolute Gasteiger partial charge is 0.259 e. The monoisotopic (exact) mass is 528 g/mol. The number of hydrogen-bond acceptors (Lipinski definition) is 4. The van der Waals surface area contributed by atoms with Crippen LogP contribution in [0, 0.1) is 0 Å². The van der Waals surface area contributed by atoms with Crippen LogP contribution in [0.4, 0.5) is 0 Å². The van der Waals surface area contributed by atoms with E-state index in [1.54, 1.807) is 6.07 Å². The predicted molar refractivity (Wildman–Crippen MR) is 135 cm³/mol. The zero-order chi connectivity index (χ0) is 23.3. The average Bonchev–Trinajstić information content (AvgIpc) is 3.23. The minimum Gasteiger partial charge on any atom is -0.346 e. The van der Waals surface area contributed by atoms with Gasteiger partial charge in [0, 0.05) is 58.4 Å². The van der Waals surface area contributed by atoms with Crippen LogP contribution in [0.15, 0.2) is 41.0 Å². The van der Waals surface area contributed by atoms with Crippen molar-refractivity contribution in [2.75, 3.05) is 19.6 Å². The summed E-state index contributed by atoms with van der Waals surface area (Å²) in [6.07, 6.45) is 3.00. The van der Waals surface area contributed by atoms with Crippen molar-refractivity contribution in [3.63, 3.8) is 0 Å². The van der Waals surface area contributed by atoms with Gasteiger partial charge in [0.2, 0.25) is 0 Å². The van der Waals surface area contributed by atoms with E-state index in [1.165, 1.54) is 0 Å². The molecule has 0 radical (unpaired) electrons. The molecule has 0 aliphatic carbocycles. The van der Waals surface area contributed by atoms with Crippen molar-refractivity contribution < 1.29 is 9.59 Å². The summed E-state index contributed by atoms with van der Waals surface area (Å²) >= 11 is 10.1. The summed E-state index contributed by atoms with van der Waals surface area (Å²) < 4.78 is 2.99. The highest BCUT2D eigenvalue weighted by atomic mass is 79.9. The molecule has 0 saturated carbocycles. The van der Waals surface area contributed by atoms with Crippen LogP contribution in [0.25, 0.3) is 22.0 Å². The van der Waals surface area contributed by atoms with E-state index in [-0.39, 0.29) is 11.8 Å². The number of amides is 2. The molecule has 3 heterocycles. The number of rotatable bonds is 5. The Hall–Kier alpha value is -2.19. The number of imide groups is 1. The number of carbonyl (C=O) groups is 2. The lowest BCUT2D eigenvalue weighted by Gasteiger charge is -2.36. The number of carbonyl (C=O) groups excluding carboxylic acids is 2. The first-order valence-electron chi connectivity index (χ1n) is 11.3. The summed E-state index contributed by atoms with van der Waals surface area (Å²) in [6, 6.07) is 10.4. The fraction of sp³-hybridized carbons (Fsp3) is 0.360. The second-order valence-electron chi connectivity index (χ2n) is 9.08. The molecule has 2 aliphatic heterocycles. The minimum absolute atomic E-state index is 0.365. The Kier molecular flexibility index (Phi) is 6.07. The lowest BCUT2D eigenvalue weighted by molar-refractivity contribution is 0.0880. The van der Waals surface area contributed by atoms with Gasteiger partial charge in [-0.15, -0.1) is 0 Å². The zero-order valence-electron chi connectivity index (χ0n) is 18.6. The number of nitrogens with zero attached hydrogens (tertiary/aromatic N) is 2. The van der Waals surface area contributed by atoms with Crippen LogP contribution in [0.3, 0.4) is 0 Å². The van der Waals surface area contributed by atoms with E-state index < -0.39 is 0 Å². The molecular weight excluding hydrogens is 504 g/mol. The molecule has 0 spiro atoms. The van der Waals surface area contributed by atoms with E-state index in [9.17, 15) is 9.59 Å². The second-order valence-corrected chi connectivity index (χ2v) is 10.3. The molecule has 1 aromatic heterocycles. The number of nitrogens with one attached hydrogen (secondary N) is 2. The largest absolute Gasteiger partial charge is 0.346 e. The van der Waals surface area contributed by atoms with E-state index in [0.29, 0.717) is 33.8 Å². The van der Waals surface area contributed by atoms with Crippen molar-refractivity contribution in [2.45, 2.75) is 38.9 Å². The molecule has 2 aliphatic rings. The van der Waals surface area contributed by atoms with Gasteiger partial charge in [0.05, 0.1) is 16.6 Å². The molecule has 6 nitrogen and oxygen atoms in total. The third-order valence-corrected chi connectivity index (χ3v) is 7.41. The molecule has 1 saturated heterocycles. The highest BCUT2D eigenvalue weighted by Gasteiger charge is 2.34. The zero-order valence-corrected chi connectivity index (χ0v) is 21.0. The van der Waals surface area contributed by atoms with Crippen LogP contribution in [0.2, 0.25) is 5.02 Å².